The van der Waals surface area contributed by atoms with Crippen LogP contribution >= 0.6 is 0 Å². The zero-order valence-corrected chi connectivity index (χ0v) is 7.71. The van der Waals surface area contributed by atoms with Gasteiger partial charge in [-0.15, -0.1) is 0 Å². The van der Waals surface area contributed by atoms with Crippen LogP contribution < -0.4 is 0 Å². The van der Waals surface area contributed by atoms with E-state index in [-0.39, 0.29) is 6.04 Å². The summed E-state index contributed by atoms with van der Waals surface area (Å²) in [6, 6.07) is -0.0319. The second kappa shape index (κ2) is 6.28. The van der Waals surface area contributed by atoms with Gasteiger partial charge in [0.25, 0.3) is 0 Å². The van der Waals surface area contributed by atoms with E-state index in [4.69, 9.17) is 0 Å². The molecule has 0 aliphatic heterocycles. The Morgan fingerprint density at radius 2 is 1.91 bits per heavy atom. The largest absolute Gasteiger partial charge is 0.304 e. The summed E-state index contributed by atoms with van der Waals surface area (Å²) in [5.74, 6) is 0. The SMILES string of the molecule is CCN(CC)CCC(C)N=O. The molecule has 1 unspecified atom stereocenters. The van der Waals surface area contributed by atoms with E-state index in [0.29, 0.717) is 0 Å². The van der Waals surface area contributed by atoms with E-state index < -0.39 is 0 Å². The fourth-order valence-corrected chi connectivity index (χ4v) is 0.962. The molecule has 0 radical (unpaired) electrons. The Morgan fingerprint density at radius 3 is 2.27 bits per heavy atom. The average Bonchev–Trinajstić information content (AvgIpc) is 2.06. The molecule has 0 rings (SSSR count). The van der Waals surface area contributed by atoms with E-state index in [1.54, 1.807) is 0 Å². The number of nitrogens with zero attached hydrogens (tertiary/aromatic N) is 2. The van der Waals surface area contributed by atoms with Crippen molar-refractivity contribution in [2.24, 2.45) is 5.18 Å². The zero-order valence-electron chi connectivity index (χ0n) is 7.71. The highest BCUT2D eigenvalue weighted by molar-refractivity contribution is 4.61. The van der Waals surface area contributed by atoms with Crippen LogP contribution in [-0.2, 0) is 0 Å². The molecule has 0 aromatic carbocycles. The molecule has 0 amide bonds. The zero-order chi connectivity index (χ0) is 8.69. The summed E-state index contributed by atoms with van der Waals surface area (Å²) in [5.41, 5.74) is 0. The fraction of sp³-hybridized carbons (Fsp3) is 1.00. The number of hydrogen-bond acceptors (Lipinski definition) is 3. The van der Waals surface area contributed by atoms with Gasteiger partial charge in [-0.3, -0.25) is 0 Å². The van der Waals surface area contributed by atoms with Crippen molar-refractivity contribution in [2.45, 2.75) is 33.2 Å². The molecule has 0 N–H and O–H groups in total. The fourth-order valence-electron chi connectivity index (χ4n) is 0.962. The lowest BCUT2D eigenvalue weighted by Crippen LogP contribution is -2.25. The minimum absolute atomic E-state index is 0.0319. The molecule has 0 saturated heterocycles. The maximum Gasteiger partial charge on any atom is 0.0903 e. The highest BCUT2D eigenvalue weighted by atomic mass is 16.3. The van der Waals surface area contributed by atoms with Crippen LogP contribution in [0.2, 0.25) is 0 Å². The van der Waals surface area contributed by atoms with Crippen LogP contribution in [0.3, 0.4) is 0 Å². The van der Waals surface area contributed by atoms with Crippen molar-refractivity contribution in [1.82, 2.24) is 4.90 Å². The van der Waals surface area contributed by atoms with Gasteiger partial charge in [0.15, 0.2) is 0 Å². The van der Waals surface area contributed by atoms with E-state index >= 15 is 0 Å². The molecule has 0 aromatic rings. The summed E-state index contributed by atoms with van der Waals surface area (Å²) >= 11 is 0. The summed E-state index contributed by atoms with van der Waals surface area (Å²) in [6.45, 7) is 9.21. The standard InChI is InChI=1S/C8H18N2O/c1-4-10(5-2)7-6-8(3)9-11/h8H,4-7H2,1-3H3. The highest BCUT2D eigenvalue weighted by Crippen LogP contribution is 1.98. The van der Waals surface area contributed by atoms with Crippen LogP contribution in [0.1, 0.15) is 27.2 Å². The topological polar surface area (TPSA) is 32.7 Å². The Hall–Kier alpha value is -0.440. The third kappa shape index (κ3) is 4.90. The van der Waals surface area contributed by atoms with Crippen LogP contribution in [0.5, 0.6) is 0 Å². The van der Waals surface area contributed by atoms with Gasteiger partial charge in [0.1, 0.15) is 0 Å². The quantitative estimate of drug-likeness (QED) is 0.553. The van der Waals surface area contributed by atoms with Gasteiger partial charge in [-0.05, 0) is 26.4 Å². The van der Waals surface area contributed by atoms with Crippen molar-refractivity contribution in [3.63, 3.8) is 0 Å². The Morgan fingerprint density at radius 1 is 1.36 bits per heavy atom. The van der Waals surface area contributed by atoms with Crippen molar-refractivity contribution >= 4 is 0 Å². The second-order valence-corrected chi connectivity index (χ2v) is 2.77. The third-order valence-electron chi connectivity index (χ3n) is 1.94. The first-order chi connectivity index (χ1) is 5.24. The van der Waals surface area contributed by atoms with Gasteiger partial charge < -0.3 is 4.90 Å². The van der Waals surface area contributed by atoms with Gasteiger partial charge in [-0.25, -0.2) is 0 Å². The molecule has 0 bridgehead atoms. The Balaban J connectivity index is 3.41. The predicted molar refractivity (Wildman–Crippen MR) is 47.7 cm³/mol. The summed E-state index contributed by atoms with van der Waals surface area (Å²) in [6.07, 6.45) is 0.880. The summed E-state index contributed by atoms with van der Waals surface area (Å²) in [4.78, 5) is 12.3. The summed E-state index contributed by atoms with van der Waals surface area (Å²) in [7, 11) is 0. The van der Waals surface area contributed by atoms with Gasteiger partial charge in [0, 0.05) is 6.54 Å². The molecular weight excluding hydrogens is 140 g/mol. The normalized spacial score (nSPS) is 13.5. The smallest absolute Gasteiger partial charge is 0.0903 e. The first-order valence-electron chi connectivity index (χ1n) is 4.29. The Kier molecular flexibility index (Phi) is 6.03. The van der Waals surface area contributed by atoms with E-state index in [0.717, 1.165) is 26.1 Å². The van der Waals surface area contributed by atoms with Crippen molar-refractivity contribution in [1.29, 1.82) is 0 Å². The molecule has 3 nitrogen and oxygen atoms in total. The highest BCUT2D eigenvalue weighted by Gasteiger charge is 2.03. The molecule has 0 saturated carbocycles. The monoisotopic (exact) mass is 158 g/mol. The molecule has 0 spiro atoms. The van der Waals surface area contributed by atoms with Crippen LogP contribution in [0, 0.1) is 4.91 Å². The minimum atomic E-state index is -0.0319. The van der Waals surface area contributed by atoms with Gasteiger partial charge in [0.05, 0.1) is 6.04 Å². The van der Waals surface area contributed by atoms with Crippen LogP contribution in [-0.4, -0.2) is 30.6 Å². The molecule has 11 heavy (non-hydrogen) atoms. The lowest BCUT2D eigenvalue weighted by molar-refractivity contribution is 0.292. The predicted octanol–water partition coefficient (Wildman–Crippen LogP) is 1.87. The van der Waals surface area contributed by atoms with Crippen LogP contribution in [0.4, 0.5) is 0 Å². The van der Waals surface area contributed by atoms with Crippen molar-refractivity contribution in [3.05, 3.63) is 4.91 Å². The molecule has 0 aromatic heterocycles. The number of hydrogen-bond donors (Lipinski definition) is 0. The van der Waals surface area contributed by atoms with Crippen LogP contribution in [0.25, 0.3) is 0 Å². The van der Waals surface area contributed by atoms with E-state index in [2.05, 4.69) is 23.9 Å². The molecule has 66 valence electrons. The maximum atomic E-state index is 10.0. The second-order valence-electron chi connectivity index (χ2n) is 2.77. The Bertz CT molecular complexity index is 102. The van der Waals surface area contributed by atoms with Gasteiger partial charge in [-0.1, -0.05) is 19.0 Å². The number of rotatable bonds is 6. The van der Waals surface area contributed by atoms with Crippen molar-refractivity contribution in [3.8, 4) is 0 Å². The number of nitroso groups, excluding NO2 is 1. The van der Waals surface area contributed by atoms with Gasteiger partial charge >= 0.3 is 0 Å². The van der Waals surface area contributed by atoms with Gasteiger partial charge in [-0.2, -0.15) is 4.91 Å². The molecule has 0 aliphatic carbocycles. The van der Waals surface area contributed by atoms with Crippen molar-refractivity contribution < 1.29 is 0 Å². The summed E-state index contributed by atoms with van der Waals surface area (Å²) < 4.78 is 0. The molecule has 0 aliphatic rings. The minimum Gasteiger partial charge on any atom is -0.304 e. The molecule has 1 atom stereocenters. The first-order valence-corrected chi connectivity index (χ1v) is 4.29. The maximum absolute atomic E-state index is 10.0. The van der Waals surface area contributed by atoms with Crippen LogP contribution in [0.15, 0.2) is 5.18 Å². The first kappa shape index (κ1) is 10.6. The lowest BCUT2D eigenvalue weighted by atomic mass is 10.2. The lowest BCUT2D eigenvalue weighted by Gasteiger charge is -2.17. The van der Waals surface area contributed by atoms with E-state index in [9.17, 15) is 4.91 Å². The molecule has 0 fully saturated rings. The van der Waals surface area contributed by atoms with Crippen molar-refractivity contribution in [2.75, 3.05) is 19.6 Å². The Labute approximate surface area is 68.7 Å². The molecule has 3 heteroatoms. The van der Waals surface area contributed by atoms with E-state index in [1.165, 1.54) is 0 Å². The molecule has 0 heterocycles. The molecular formula is C8H18N2O. The average molecular weight is 158 g/mol. The third-order valence-corrected chi connectivity index (χ3v) is 1.94. The van der Waals surface area contributed by atoms with E-state index in [1.807, 2.05) is 6.92 Å². The van der Waals surface area contributed by atoms with Gasteiger partial charge in [0.2, 0.25) is 0 Å². The summed E-state index contributed by atoms with van der Waals surface area (Å²) in [5, 5.41) is 2.95.